The van der Waals surface area contributed by atoms with Crippen LogP contribution in [-0.4, -0.2) is 29.9 Å². The van der Waals surface area contributed by atoms with Gasteiger partial charge in [-0.15, -0.1) is 0 Å². The van der Waals surface area contributed by atoms with Gasteiger partial charge in [-0.1, -0.05) is 0 Å². The summed E-state index contributed by atoms with van der Waals surface area (Å²) in [5.41, 5.74) is 0. The van der Waals surface area contributed by atoms with E-state index in [1.54, 1.807) is 0 Å². The van der Waals surface area contributed by atoms with E-state index in [2.05, 4.69) is 9.94 Å². The summed E-state index contributed by atoms with van der Waals surface area (Å²) >= 11 is 0.275. The van der Waals surface area contributed by atoms with E-state index in [-0.39, 0.29) is 29.9 Å². The van der Waals surface area contributed by atoms with Gasteiger partial charge in [-0.05, 0) is 0 Å². The number of hydrogen-bond donors (Lipinski definition) is 0. The molecular formula is C4H4N2Se2. The van der Waals surface area contributed by atoms with Gasteiger partial charge in [0.15, 0.2) is 0 Å². The van der Waals surface area contributed by atoms with E-state index in [1.165, 1.54) is 0 Å². The maximum atomic E-state index is 8.07. The van der Waals surface area contributed by atoms with Crippen LogP contribution >= 0.6 is 0 Å². The van der Waals surface area contributed by atoms with E-state index < -0.39 is 0 Å². The third kappa shape index (κ3) is 6.02. The van der Waals surface area contributed by atoms with Gasteiger partial charge in [0.2, 0.25) is 0 Å². The minimum atomic E-state index is 0.137. The van der Waals surface area contributed by atoms with Crippen LogP contribution < -0.4 is 0 Å². The second-order valence-corrected chi connectivity index (χ2v) is 4.57. The fraction of sp³-hybridized carbons (Fsp3) is 0.500. The molecule has 0 N–H and O–H groups in total. The molecule has 0 radical (unpaired) electrons. The van der Waals surface area contributed by atoms with E-state index in [4.69, 9.17) is 10.5 Å². The van der Waals surface area contributed by atoms with Gasteiger partial charge in [-0.25, -0.2) is 0 Å². The normalized spacial score (nSPS) is 7.25. The van der Waals surface area contributed by atoms with Crippen molar-refractivity contribution < 1.29 is 0 Å². The molecule has 0 aromatic rings. The van der Waals surface area contributed by atoms with Crippen LogP contribution in [0.3, 0.4) is 0 Å². The van der Waals surface area contributed by atoms with Crippen LogP contribution in [0.15, 0.2) is 0 Å². The van der Waals surface area contributed by atoms with E-state index >= 15 is 0 Å². The molecule has 4 heteroatoms. The number of hydrogen-bond acceptors (Lipinski definition) is 2. The summed E-state index contributed by atoms with van der Waals surface area (Å²) < 4.78 is 0. The summed E-state index contributed by atoms with van der Waals surface area (Å²) in [5.74, 6) is 0. The Morgan fingerprint density at radius 1 is 1.00 bits per heavy atom. The van der Waals surface area contributed by atoms with Crippen LogP contribution in [-0.2, 0) is 0 Å². The zero-order valence-electron chi connectivity index (χ0n) is 4.13. The Morgan fingerprint density at radius 3 is 1.62 bits per heavy atom. The molecule has 8 heavy (non-hydrogen) atoms. The van der Waals surface area contributed by atoms with Crippen molar-refractivity contribution >= 4 is 29.9 Å². The van der Waals surface area contributed by atoms with Gasteiger partial charge < -0.3 is 0 Å². The van der Waals surface area contributed by atoms with Crippen LogP contribution in [0, 0.1) is 20.5 Å². The zero-order chi connectivity index (χ0) is 6.24. The summed E-state index contributed by atoms with van der Waals surface area (Å²) in [5, 5.41) is 18.0. The molecule has 0 heterocycles. The molecule has 0 saturated carbocycles. The number of nitrogens with zero attached hydrogens (tertiary/aromatic N) is 2. The van der Waals surface area contributed by atoms with Gasteiger partial charge in [0.05, 0.1) is 0 Å². The first kappa shape index (κ1) is 8.02. The van der Waals surface area contributed by atoms with Crippen molar-refractivity contribution in [2.75, 3.05) is 0 Å². The fourth-order valence-electron chi connectivity index (χ4n) is 0.175. The molecule has 0 aliphatic heterocycles. The first-order chi connectivity index (χ1) is 3.91. The third-order valence-electron chi connectivity index (χ3n) is 0.417. The molecule has 0 saturated heterocycles. The second kappa shape index (κ2) is 7.02. The van der Waals surface area contributed by atoms with Crippen LogP contribution in [0.4, 0.5) is 0 Å². The SMILES string of the molecule is N#C[Se]CC[Se]C#N. The molecule has 0 aliphatic carbocycles. The predicted molar refractivity (Wildman–Crippen MR) is 32.3 cm³/mol. The first-order valence-electron chi connectivity index (χ1n) is 1.93. The predicted octanol–water partition coefficient (Wildman–Crippen LogP) is 0.194. The molecule has 0 aromatic carbocycles. The van der Waals surface area contributed by atoms with E-state index in [1.807, 2.05) is 0 Å². The van der Waals surface area contributed by atoms with Crippen molar-refractivity contribution in [3.05, 3.63) is 0 Å². The Balaban J connectivity index is 2.77. The molecule has 2 nitrogen and oxygen atoms in total. The number of rotatable bonds is 3. The monoisotopic (exact) mass is 240 g/mol. The van der Waals surface area contributed by atoms with Gasteiger partial charge >= 0.3 is 61.0 Å². The Kier molecular flexibility index (Phi) is 7.04. The summed E-state index contributed by atoms with van der Waals surface area (Å²) in [6, 6.07) is 0. The van der Waals surface area contributed by atoms with Gasteiger partial charge in [0.25, 0.3) is 0 Å². The molecular weight excluding hydrogens is 234 g/mol. The number of nitriles is 2. The second-order valence-electron chi connectivity index (χ2n) is 0.879. The molecule has 0 unspecified atom stereocenters. The van der Waals surface area contributed by atoms with Crippen molar-refractivity contribution in [2.45, 2.75) is 10.6 Å². The van der Waals surface area contributed by atoms with Crippen molar-refractivity contribution in [1.29, 1.82) is 10.5 Å². The fourth-order valence-corrected chi connectivity index (χ4v) is 2.72. The molecule has 0 atom stereocenters. The van der Waals surface area contributed by atoms with Gasteiger partial charge in [-0.3, -0.25) is 0 Å². The van der Waals surface area contributed by atoms with Gasteiger partial charge in [0.1, 0.15) is 0 Å². The average Bonchev–Trinajstić information content (AvgIpc) is 1.81. The summed E-state index contributed by atoms with van der Waals surface area (Å²) in [7, 11) is 0. The van der Waals surface area contributed by atoms with Gasteiger partial charge in [-0.2, -0.15) is 0 Å². The van der Waals surface area contributed by atoms with Crippen LogP contribution in [0.1, 0.15) is 0 Å². The Morgan fingerprint density at radius 2 is 1.38 bits per heavy atom. The minimum absolute atomic E-state index is 0.137. The van der Waals surface area contributed by atoms with Crippen LogP contribution in [0.5, 0.6) is 0 Å². The first-order valence-corrected chi connectivity index (χ1v) is 6.07. The maximum absolute atomic E-state index is 8.07. The van der Waals surface area contributed by atoms with Gasteiger partial charge in [0, 0.05) is 0 Å². The van der Waals surface area contributed by atoms with E-state index in [0.29, 0.717) is 0 Å². The Hall–Kier alpha value is 0.0190. The Bertz CT molecular complexity index is 105. The molecule has 0 aliphatic rings. The van der Waals surface area contributed by atoms with E-state index in [0.717, 1.165) is 10.6 Å². The van der Waals surface area contributed by atoms with Crippen LogP contribution in [0.2, 0.25) is 10.6 Å². The molecule has 42 valence electrons. The quantitative estimate of drug-likeness (QED) is 0.520. The zero-order valence-corrected chi connectivity index (χ0v) is 7.55. The topological polar surface area (TPSA) is 47.6 Å². The van der Waals surface area contributed by atoms with Crippen molar-refractivity contribution in [1.82, 2.24) is 0 Å². The Labute approximate surface area is 61.2 Å². The standard InChI is InChI=1S/C4H4N2Se2/c5-3-7-1-2-8-4-6/h1-2H2. The molecule has 0 amide bonds. The van der Waals surface area contributed by atoms with Crippen molar-refractivity contribution in [3.8, 4) is 9.94 Å². The van der Waals surface area contributed by atoms with Crippen molar-refractivity contribution in [2.24, 2.45) is 0 Å². The van der Waals surface area contributed by atoms with Crippen molar-refractivity contribution in [3.63, 3.8) is 0 Å². The molecule has 0 fully saturated rings. The average molecular weight is 238 g/mol. The summed E-state index contributed by atoms with van der Waals surface area (Å²) in [6.07, 6.45) is 0. The summed E-state index contributed by atoms with van der Waals surface area (Å²) in [4.78, 5) is 4.18. The molecule has 0 bridgehead atoms. The molecule has 0 aromatic heterocycles. The molecule has 0 spiro atoms. The third-order valence-corrected chi connectivity index (χ3v) is 3.98. The van der Waals surface area contributed by atoms with E-state index in [9.17, 15) is 0 Å². The van der Waals surface area contributed by atoms with Crippen LogP contribution in [0.25, 0.3) is 0 Å². The molecule has 0 rings (SSSR count). The summed E-state index contributed by atoms with van der Waals surface area (Å²) in [6.45, 7) is 0.